The van der Waals surface area contributed by atoms with E-state index in [1.54, 1.807) is 12.3 Å². The highest BCUT2D eigenvalue weighted by Crippen LogP contribution is 2.38. The molecule has 2 heterocycles. The molecule has 0 aromatic carbocycles. The zero-order chi connectivity index (χ0) is 11.8. The van der Waals surface area contributed by atoms with Crippen LogP contribution in [0.5, 0.6) is 0 Å². The smallest absolute Gasteiger partial charge is 0.258 e. The summed E-state index contributed by atoms with van der Waals surface area (Å²) in [5.41, 5.74) is 6.38. The lowest BCUT2D eigenvalue weighted by atomic mass is 10.2. The first kappa shape index (κ1) is 10.2. The molecule has 1 fully saturated rings. The Hall–Kier alpha value is -1.95. The van der Waals surface area contributed by atoms with Gasteiger partial charge in [-0.25, -0.2) is 0 Å². The van der Waals surface area contributed by atoms with E-state index < -0.39 is 0 Å². The molecule has 0 radical (unpaired) electrons. The van der Waals surface area contributed by atoms with Crippen molar-refractivity contribution in [1.29, 1.82) is 0 Å². The van der Waals surface area contributed by atoms with Gasteiger partial charge in [0.25, 0.3) is 5.89 Å². The van der Waals surface area contributed by atoms with Crippen molar-refractivity contribution in [2.75, 3.05) is 0 Å². The summed E-state index contributed by atoms with van der Waals surface area (Å²) in [5, 5.41) is 3.86. The van der Waals surface area contributed by atoms with Gasteiger partial charge >= 0.3 is 0 Å². The van der Waals surface area contributed by atoms with Gasteiger partial charge < -0.3 is 15.2 Å². The van der Waals surface area contributed by atoms with Crippen LogP contribution in [0.15, 0.2) is 27.6 Å². The number of H-pyrrole nitrogens is 1. The number of rotatable bonds is 3. The molecule has 0 bridgehead atoms. The maximum absolute atomic E-state index is 11.2. The molecular weight excluding hydrogens is 220 g/mol. The third kappa shape index (κ3) is 1.99. The van der Waals surface area contributed by atoms with Gasteiger partial charge in [-0.3, -0.25) is 4.79 Å². The van der Waals surface area contributed by atoms with Crippen LogP contribution in [0, 0.1) is 5.92 Å². The van der Waals surface area contributed by atoms with Gasteiger partial charge in [0.15, 0.2) is 5.82 Å². The highest BCUT2D eigenvalue weighted by atomic mass is 16.5. The van der Waals surface area contributed by atoms with Crippen LogP contribution in [-0.4, -0.2) is 15.1 Å². The molecule has 1 saturated carbocycles. The highest BCUT2D eigenvalue weighted by molar-refractivity contribution is 5.51. The van der Waals surface area contributed by atoms with Crippen LogP contribution >= 0.6 is 0 Å². The number of nitrogens with two attached hydrogens (primary N) is 1. The van der Waals surface area contributed by atoms with Crippen molar-refractivity contribution >= 4 is 0 Å². The number of aromatic amines is 1. The van der Waals surface area contributed by atoms with Crippen molar-refractivity contribution < 1.29 is 4.52 Å². The van der Waals surface area contributed by atoms with E-state index in [-0.39, 0.29) is 11.6 Å². The van der Waals surface area contributed by atoms with Crippen LogP contribution in [-0.2, 0) is 0 Å². The second-order valence-corrected chi connectivity index (χ2v) is 4.26. The first-order chi connectivity index (χ1) is 8.24. The van der Waals surface area contributed by atoms with E-state index in [1.165, 1.54) is 6.07 Å². The standard InChI is InChI=1S/C11H12N4O2/c12-9(6-1-2-6)10-14-11(17-15-10)7-3-4-13-8(16)5-7/h3-6,9H,1-2,12H2,(H,13,16). The van der Waals surface area contributed by atoms with E-state index in [4.69, 9.17) is 10.3 Å². The first-order valence-corrected chi connectivity index (χ1v) is 5.52. The Morgan fingerprint density at radius 3 is 3.06 bits per heavy atom. The summed E-state index contributed by atoms with van der Waals surface area (Å²) in [6.45, 7) is 0. The molecule has 0 spiro atoms. The Morgan fingerprint density at radius 1 is 1.53 bits per heavy atom. The number of pyridine rings is 1. The Balaban J connectivity index is 1.91. The Kier molecular flexibility index (Phi) is 2.29. The van der Waals surface area contributed by atoms with Crippen molar-refractivity contribution in [3.8, 4) is 11.5 Å². The number of hydrogen-bond donors (Lipinski definition) is 2. The molecule has 2 aromatic heterocycles. The van der Waals surface area contributed by atoms with Gasteiger partial charge in [0, 0.05) is 17.8 Å². The number of aromatic nitrogens is 3. The zero-order valence-corrected chi connectivity index (χ0v) is 9.09. The highest BCUT2D eigenvalue weighted by Gasteiger charge is 2.32. The fraction of sp³-hybridized carbons (Fsp3) is 0.364. The van der Waals surface area contributed by atoms with Gasteiger partial charge in [-0.1, -0.05) is 5.16 Å². The summed E-state index contributed by atoms with van der Waals surface area (Å²) in [7, 11) is 0. The van der Waals surface area contributed by atoms with Gasteiger partial charge in [-0.2, -0.15) is 4.98 Å². The molecule has 6 heteroatoms. The van der Waals surface area contributed by atoms with Gasteiger partial charge in [-0.15, -0.1) is 0 Å². The molecule has 88 valence electrons. The molecule has 0 saturated heterocycles. The van der Waals surface area contributed by atoms with Gasteiger partial charge in [0.05, 0.1) is 6.04 Å². The fourth-order valence-electron chi connectivity index (χ4n) is 1.73. The third-order valence-electron chi connectivity index (χ3n) is 2.89. The normalized spacial score (nSPS) is 17.0. The number of hydrogen-bond acceptors (Lipinski definition) is 5. The van der Waals surface area contributed by atoms with E-state index in [1.807, 2.05) is 0 Å². The largest absolute Gasteiger partial charge is 0.334 e. The quantitative estimate of drug-likeness (QED) is 0.816. The topological polar surface area (TPSA) is 97.8 Å². The predicted molar refractivity (Wildman–Crippen MR) is 60.0 cm³/mol. The van der Waals surface area contributed by atoms with Crippen LogP contribution in [0.25, 0.3) is 11.5 Å². The minimum atomic E-state index is -0.200. The molecule has 1 unspecified atom stereocenters. The Labute approximate surface area is 96.8 Å². The van der Waals surface area contributed by atoms with Crippen LogP contribution in [0.4, 0.5) is 0 Å². The SMILES string of the molecule is NC(c1noc(-c2cc[nH]c(=O)c2)n1)C1CC1. The lowest BCUT2D eigenvalue weighted by Gasteiger charge is -2.01. The average Bonchev–Trinajstić information content (AvgIpc) is 3.05. The van der Waals surface area contributed by atoms with E-state index in [2.05, 4.69) is 15.1 Å². The van der Waals surface area contributed by atoms with Gasteiger partial charge in [0.2, 0.25) is 5.56 Å². The summed E-state index contributed by atoms with van der Waals surface area (Å²) in [5.74, 6) is 1.32. The number of nitrogens with one attached hydrogen (secondary N) is 1. The maximum atomic E-state index is 11.2. The lowest BCUT2D eigenvalue weighted by Crippen LogP contribution is -2.13. The van der Waals surface area contributed by atoms with E-state index in [0.717, 1.165) is 12.8 Å². The van der Waals surface area contributed by atoms with Gasteiger partial charge in [0.1, 0.15) is 0 Å². The summed E-state index contributed by atoms with van der Waals surface area (Å²) >= 11 is 0. The van der Waals surface area contributed by atoms with Crippen molar-refractivity contribution in [3.63, 3.8) is 0 Å². The van der Waals surface area contributed by atoms with Crippen molar-refractivity contribution in [3.05, 3.63) is 34.5 Å². The molecule has 1 aliphatic rings. The molecule has 0 amide bonds. The third-order valence-corrected chi connectivity index (χ3v) is 2.89. The minimum absolute atomic E-state index is 0.158. The predicted octanol–water partition coefficient (Wildman–Crippen LogP) is 0.835. The Morgan fingerprint density at radius 2 is 2.35 bits per heavy atom. The zero-order valence-electron chi connectivity index (χ0n) is 9.09. The lowest BCUT2D eigenvalue weighted by molar-refractivity contribution is 0.411. The molecule has 3 N–H and O–H groups in total. The maximum Gasteiger partial charge on any atom is 0.258 e. The molecule has 1 aliphatic carbocycles. The summed E-state index contributed by atoms with van der Waals surface area (Å²) in [4.78, 5) is 17.9. The van der Waals surface area contributed by atoms with Crippen molar-refractivity contribution in [2.45, 2.75) is 18.9 Å². The van der Waals surface area contributed by atoms with Crippen LogP contribution < -0.4 is 11.3 Å². The summed E-state index contributed by atoms with van der Waals surface area (Å²) in [6.07, 6.45) is 3.79. The Bertz CT molecular complexity index is 585. The summed E-state index contributed by atoms with van der Waals surface area (Å²) in [6, 6.07) is 2.97. The van der Waals surface area contributed by atoms with Crippen molar-refractivity contribution in [1.82, 2.24) is 15.1 Å². The second kappa shape index (κ2) is 3.81. The van der Waals surface area contributed by atoms with Gasteiger partial charge in [-0.05, 0) is 24.8 Å². The van der Waals surface area contributed by atoms with E-state index >= 15 is 0 Å². The van der Waals surface area contributed by atoms with Crippen LogP contribution in [0.2, 0.25) is 0 Å². The molecular formula is C11H12N4O2. The monoisotopic (exact) mass is 232 g/mol. The van der Waals surface area contributed by atoms with Crippen LogP contribution in [0.1, 0.15) is 24.7 Å². The second-order valence-electron chi connectivity index (χ2n) is 4.26. The molecule has 0 aliphatic heterocycles. The van der Waals surface area contributed by atoms with Crippen LogP contribution in [0.3, 0.4) is 0 Å². The molecule has 17 heavy (non-hydrogen) atoms. The first-order valence-electron chi connectivity index (χ1n) is 5.52. The minimum Gasteiger partial charge on any atom is -0.334 e. The van der Waals surface area contributed by atoms with E-state index in [9.17, 15) is 4.79 Å². The number of nitrogens with zero attached hydrogens (tertiary/aromatic N) is 2. The molecule has 6 nitrogen and oxygen atoms in total. The molecule has 2 aromatic rings. The average molecular weight is 232 g/mol. The molecule has 1 atom stereocenters. The summed E-state index contributed by atoms with van der Waals surface area (Å²) < 4.78 is 5.11. The van der Waals surface area contributed by atoms with Crippen molar-refractivity contribution in [2.24, 2.45) is 11.7 Å². The fourth-order valence-corrected chi connectivity index (χ4v) is 1.73. The molecule has 3 rings (SSSR count). The van der Waals surface area contributed by atoms with E-state index in [0.29, 0.717) is 23.2 Å².